The number of aromatic amines is 1. The highest BCUT2D eigenvalue weighted by Crippen LogP contribution is 2.31. The zero-order chi connectivity index (χ0) is 14.1. The summed E-state index contributed by atoms with van der Waals surface area (Å²) >= 11 is 7.33. The molecular formula is C15H17N3S2. The van der Waals surface area contributed by atoms with Crippen molar-refractivity contribution in [3.05, 3.63) is 45.0 Å². The maximum absolute atomic E-state index is 5.55. The topological polar surface area (TPSA) is 33.6 Å². The van der Waals surface area contributed by atoms with Gasteiger partial charge in [-0.15, -0.1) is 11.3 Å². The van der Waals surface area contributed by atoms with Crippen LogP contribution in [0.1, 0.15) is 36.2 Å². The van der Waals surface area contributed by atoms with E-state index in [1.165, 1.54) is 10.4 Å². The van der Waals surface area contributed by atoms with Crippen molar-refractivity contribution in [2.45, 2.75) is 32.7 Å². The van der Waals surface area contributed by atoms with Crippen molar-refractivity contribution in [1.82, 2.24) is 14.5 Å². The number of H-pyrrole nitrogens is 1. The molecule has 0 spiro atoms. The second kappa shape index (κ2) is 5.50. The molecule has 3 aromatic rings. The lowest BCUT2D eigenvalue weighted by molar-refractivity contribution is 0.545. The zero-order valence-corrected chi connectivity index (χ0v) is 13.2. The summed E-state index contributed by atoms with van der Waals surface area (Å²) in [6.45, 7) is 4.29. The number of thiophene rings is 1. The van der Waals surface area contributed by atoms with Gasteiger partial charge in [0.15, 0.2) is 10.4 Å². The van der Waals surface area contributed by atoms with Crippen LogP contribution in [0.15, 0.2) is 29.8 Å². The van der Waals surface area contributed by atoms with Gasteiger partial charge in [0, 0.05) is 11.1 Å². The molecule has 0 saturated carbocycles. The van der Waals surface area contributed by atoms with Crippen molar-refractivity contribution < 1.29 is 0 Å². The zero-order valence-electron chi connectivity index (χ0n) is 11.6. The third-order valence-corrected chi connectivity index (χ3v) is 4.84. The largest absolute Gasteiger partial charge is 0.329 e. The molecule has 0 aliphatic rings. The molecule has 0 radical (unpaired) electrons. The van der Waals surface area contributed by atoms with Gasteiger partial charge in [0.2, 0.25) is 0 Å². The summed E-state index contributed by atoms with van der Waals surface area (Å²) in [5.41, 5.74) is 3.19. The van der Waals surface area contributed by atoms with E-state index in [1.54, 1.807) is 11.3 Å². The average molecular weight is 303 g/mol. The van der Waals surface area contributed by atoms with Crippen LogP contribution in [0.2, 0.25) is 0 Å². The molecule has 1 unspecified atom stereocenters. The number of nitrogens with zero attached hydrogens (tertiary/aromatic N) is 2. The fourth-order valence-corrected chi connectivity index (χ4v) is 3.75. The molecule has 3 heterocycles. The van der Waals surface area contributed by atoms with Gasteiger partial charge in [-0.05, 0) is 48.6 Å². The molecule has 0 saturated heterocycles. The van der Waals surface area contributed by atoms with E-state index >= 15 is 0 Å². The highest BCUT2D eigenvalue weighted by molar-refractivity contribution is 7.71. The second-order valence-corrected chi connectivity index (χ2v) is 6.31. The first-order chi connectivity index (χ1) is 9.72. The smallest absolute Gasteiger partial charge is 0.179 e. The van der Waals surface area contributed by atoms with Crippen LogP contribution in [0.5, 0.6) is 0 Å². The van der Waals surface area contributed by atoms with E-state index in [1.807, 2.05) is 12.3 Å². The lowest BCUT2D eigenvalue weighted by Crippen LogP contribution is -2.10. The molecule has 3 rings (SSSR count). The van der Waals surface area contributed by atoms with Gasteiger partial charge in [-0.2, -0.15) is 0 Å². The van der Waals surface area contributed by atoms with E-state index in [4.69, 9.17) is 12.2 Å². The van der Waals surface area contributed by atoms with Crippen LogP contribution in [0.3, 0.4) is 0 Å². The maximum atomic E-state index is 5.55. The SMILES string of the molecule is CCCC(c1cccs1)n1c(=S)[nH]c2c(C)ccnc21. The van der Waals surface area contributed by atoms with Crippen LogP contribution in [0.25, 0.3) is 11.2 Å². The number of nitrogens with one attached hydrogen (secondary N) is 1. The molecule has 3 aromatic heterocycles. The minimum Gasteiger partial charge on any atom is -0.329 e. The normalized spacial score (nSPS) is 12.9. The lowest BCUT2D eigenvalue weighted by Gasteiger charge is -2.17. The van der Waals surface area contributed by atoms with E-state index < -0.39 is 0 Å². The lowest BCUT2D eigenvalue weighted by atomic mass is 10.1. The Balaban J connectivity index is 2.24. The number of aryl methyl sites for hydroxylation is 1. The average Bonchev–Trinajstić information content (AvgIpc) is 3.05. The minimum absolute atomic E-state index is 0.274. The van der Waals surface area contributed by atoms with Gasteiger partial charge in [0.05, 0.1) is 11.6 Å². The Labute approximate surface area is 127 Å². The van der Waals surface area contributed by atoms with E-state index in [9.17, 15) is 0 Å². The van der Waals surface area contributed by atoms with E-state index in [2.05, 4.69) is 45.9 Å². The van der Waals surface area contributed by atoms with Crippen LogP contribution >= 0.6 is 23.6 Å². The number of pyridine rings is 1. The van der Waals surface area contributed by atoms with Crippen molar-refractivity contribution in [2.75, 3.05) is 0 Å². The van der Waals surface area contributed by atoms with Crippen LogP contribution in [-0.2, 0) is 0 Å². The van der Waals surface area contributed by atoms with Gasteiger partial charge in [0.25, 0.3) is 0 Å². The molecule has 104 valence electrons. The predicted molar refractivity (Wildman–Crippen MR) is 87.0 cm³/mol. The van der Waals surface area contributed by atoms with E-state index in [-0.39, 0.29) is 6.04 Å². The summed E-state index contributed by atoms with van der Waals surface area (Å²) in [5.74, 6) is 0. The number of rotatable bonds is 4. The van der Waals surface area contributed by atoms with Gasteiger partial charge < -0.3 is 4.98 Å². The van der Waals surface area contributed by atoms with Crippen molar-refractivity contribution in [3.63, 3.8) is 0 Å². The first kappa shape index (κ1) is 13.5. The fraction of sp³-hybridized carbons (Fsp3) is 0.333. The summed E-state index contributed by atoms with van der Waals surface area (Å²) in [7, 11) is 0. The molecule has 1 atom stereocenters. The summed E-state index contributed by atoms with van der Waals surface area (Å²) in [4.78, 5) is 9.20. The Hall–Kier alpha value is -1.46. The summed E-state index contributed by atoms with van der Waals surface area (Å²) in [6, 6.07) is 6.56. The van der Waals surface area contributed by atoms with Crippen LogP contribution in [0.4, 0.5) is 0 Å². The van der Waals surface area contributed by atoms with Gasteiger partial charge in [-0.25, -0.2) is 4.98 Å². The molecule has 0 aromatic carbocycles. The molecule has 3 nitrogen and oxygen atoms in total. The number of hydrogen-bond acceptors (Lipinski definition) is 3. The highest BCUT2D eigenvalue weighted by Gasteiger charge is 2.19. The highest BCUT2D eigenvalue weighted by atomic mass is 32.1. The summed E-state index contributed by atoms with van der Waals surface area (Å²) in [5, 5.41) is 2.12. The predicted octanol–water partition coefficient (Wildman–Crippen LogP) is 4.85. The quantitative estimate of drug-likeness (QED) is 0.699. The Morgan fingerprint density at radius 3 is 3.00 bits per heavy atom. The molecule has 0 aliphatic heterocycles. The molecule has 20 heavy (non-hydrogen) atoms. The van der Waals surface area contributed by atoms with E-state index in [0.717, 1.165) is 28.8 Å². The summed E-state index contributed by atoms with van der Waals surface area (Å²) in [6.07, 6.45) is 4.04. The Kier molecular flexibility index (Phi) is 3.72. The number of aromatic nitrogens is 3. The summed E-state index contributed by atoms with van der Waals surface area (Å²) < 4.78 is 2.93. The second-order valence-electron chi connectivity index (χ2n) is 4.95. The van der Waals surface area contributed by atoms with E-state index in [0.29, 0.717) is 0 Å². The first-order valence-electron chi connectivity index (χ1n) is 6.81. The Bertz CT molecular complexity index is 768. The first-order valence-corrected chi connectivity index (χ1v) is 8.10. The maximum Gasteiger partial charge on any atom is 0.179 e. The van der Waals surface area contributed by atoms with Crippen LogP contribution in [0, 0.1) is 11.7 Å². The Morgan fingerprint density at radius 2 is 2.30 bits per heavy atom. The van der Waals surface area contributed by atoms with Crippen LogP contribution < -0.4 is 0 Å². The molecule has 0 fully saturated rings. The Morgan fingerprint density at radius 1 is 1.45 bits per heavy atom. The van der Waals surface area contributed by atoms with Crippen molar-refractivity contribution in [2.24, 2.45) is 0 Å². The molecular weight excluding hydrogens is 286 g/mol. The number of imidazole rings is 1. The molecule has 5 heteroatoms. The standard InChI is InChI=1S/C15H17N3S2/c1-3-5-11(12-6-4-9-20-12)18-14-13(17-15(18)19)10(2)7-8-16-14/h4,6-9,11H,3,5H2,1-2H3,(H,17,19). The molecule has 0 bridgehead atoms. The van der Waals surface area contributed by atoms with Crippen molar-refractivity contribution in [3.8, 4) is 0 Å². The monoisotopic (exact) mass is 303 g/mol. The number of hydrogen-bond donors (Lipinski definition) is 1. The van der Waals surface area contributed by atoms with Crippen LogP contribution in [-0.4, -0.2) is 14.5 Å². The van der Waals surface area contributed by atoms with Gasteiger partial charge >= 0.3 is 0 Å². The third kappa shape index (κ3) is 2.21. The fourth-order valence-electron chi connectivity index (χ4n) is 2.59. The molecule has 0 amide bonds. The van der Waals surface area contributed by atoms with Crippen molar-refractivity contribution >= 4 is 34.7 Å². The molecule has 1 N–H and O–H groups in total. The van der Waals surface area contributed by atoms with Gasteiger partial charge in [-0.3, -0.25) is 4.57 Å². The number of fused-ring (bicyclic) bond motifs is 1. The third-order valence-electron chi connectivity index (χ3n) is 3.56. The van der Waals surface area contributed by atoms with Gasteiger partial charge in [0.1, 0.15) is 0 Å². The van der Waals surface area contributed by atoms with Gasteiger partial charge in [-0.1, -0.05) is 19.4 Å². The van der Waals surface area contributed by atoms with Crippen molar-refractivity contribution in [1.29, 1.82) is 0 Å². The molecule has 0 aliphatic carbocycles. The minimum atomic E-state index is 0.274.